The second-order valence-corrected chi connectivity index (χ2v) is 3.28. The van der Waals surface area contributed by atoms with Gasteiger partial charge in [0.25, 0.3) is 0 Å². The molecule has 0 aliphatic heterocycles. The Kier molecular flexibility index (Phi) is 3.09. The summed E-state index contributed by atoms with van der Waals surface area (Å²) in [6.07, 6.45) is 4.57. The zero-order chi connectivity index (χ0) is 11.6. The van der Waals surface area contributed by atoms with Crippen LogP contribution < -0.4 is 0 Å². The highest BCUT2D eigenvalue weighted by atomic mass is 16.4. The molecule has 0 heterocycles. The third kappa shape index (κ3) is 1.98. The topological polar surface area (TPSA) is 74.6 Å². The molecule has 0 aromatic rings. The summed E-state index contributed by atoms with van der Waals surface area (Å²) in [4.78, 5) is 21.9. The fourth-order valence-electron chi connectivity index (χ4n) is 1.64. The van der Waals surface area contributed by atoms with Crippen LogP contribution in [0.15, 0.2) is 34.9 Å². The minimum Gasteiger partial charge on any atom is -0.481 e. The Bertz CT molecular complexity index is 399. The quantitative estimate of drug-likeness (QED) is 0.722. The van der Waals surface area contributed by atoms with E-state index in [-0.39, 0.29) is 5.57 Å². The summed E-state index contributed by atoms with van der Waals surface area (Å²) < 4.78 is 0. The van der Waals surface area contributed by atoms with Gasteiger partial charge in [0.05, 0.1) is 5.57 Å². The number of hydrogen-bond acceptors (Lipinski definition) is 2. The summed E-state index contributed by atoms with van der Waals surface area (Å²) in [7, 11) is 0. The van der Waals surface area contributed by atoms with E-state index in [9.17, 15) is 9.59 Å². The van der Waals surface area contributed by atoms with Gasteiger partial charge in [-0.1, -0.05) is 18.2 Å². The lowest BCUT2D eigenvalue weighted by Gasteiger charge is -2.19. The molecule has 4 heteroatoms. The van der Waals surface area contributed by atoms with Crippen molar-refractivity contribution in [3.05, 3.63) is 34.9 Å². The van der Waals surface area contributed by atoms with Crippen LogP contribution in [0.2, 0.25) is 0 Å². The van der Waals surface area contributed by atoms with Crippen molar-refractivity contribution < 1.29 is 19.8 Å². The molecule has 4 nitrogen and oxygen atoms in total. The van der Waals surface area contributed by atoms with Crippen molar-refractivity contribution in [2.45, 2.75) is 13.8 Å². The highest BCUT2D eigenvalue weighted by Gasteiger charge is 2.29. The first-order valence-electron chi connectivity index (χ1n) is 4.50. The van der Waals surface area contributed by atoms with E-state index < -0.39 is 17.9 Å². The first kappa shape index (κ1) is 11.2. The SMILES string of the molecule is CC=C1C(C(=O)O)=C(C)C=CC1C(=O)O. The number of rotatable bonds is 2. The first-order valence-corrected chi connectivity index (χ1v) is 4.50. The van der Waals surface area contributed by atoms with Crippen LogP contribution >= 0.6 is 0 Å². The van der Waals surface area contributed by atoms with Crippen molar-refractivity contribution in [3.63, 3.8) is 0 Å². The highest BCUT2D eigenvalue weighted by Crippen LogP contribution is 2.29. The number of carbonyl (C=O) groups is 2. The van der Waals surface area contributed by atoms with E-state index >= 15 is 0 Å². The zero-order valence-electron chi connectivity index (χ0n) is 8.52. The van der Waals surface area contributed by atoms with Crippen LogP contribution in [-0.4, -0.2) is 22.2 Å². The zero-order valence-corrected chi connectivity index (χ0v) is 8.52. The van der Waals surface area contributed by atoms with Gasteiger partial charge in [-0.3, -0.25) is 4.79 Å². The smallest absolute Gasteiger partial charge is 0.336 e. The molecule has 0 amide bonds. The Hall–Kier alpha value is -1.84. The molecule has 0 aromatic carbocycles. The monoisotopic (exact) mass is 208 g/mol. The van der Waals surface area contributed by atoms with Crippen LogP contribution in [0, 0.1) is 5.92 Å². The number of aliphatic carboxylic acids is 2. The largest absolute Gasteiger partial charge is 0.481 e. The molecule has 2 N–H and O–H groups in total. The van der Waals surface area contributed by atoms with Crippen molar-refractivity contribution in [1.29, 1.82) is 0 Å². The average Bonchev–Trinajstić information content (AvgIpc) is 2.15. The maximum Gasteiger partial charge on any atom is 0.336 e. The van der Waals surface area contributed by atoms with Crippen molar-refractivity contribution in [2.24, 2.45) is 5.92 Å². The van der Waals surface area contributed by atoms with E-state index in [1.165, 1.54) is 18.2 Å². The van der Waals surface area contributed by atoms with Crippen LogP contribution in [0.1, 0.15) is 13.8 Å². The summed E-state index contributed by atoms with van der Waals surface area (Å²) >= 11 is 0. The van der Waals surface area contributed by atoms with Crippen LogP contribution in [-0.2, 0) is 9.59 Å². The van der Waals surface area contributed by atoms with Crippen LogP contribution in [0.5, 0.6) is 0 Å². The van der Waals surface area contributed by atoms with Gasteiger partial charge in [0.1, 0.15) is 5.92 Å². The van der Waals surface area contributed by atoms with Gasteiger partial charge in [-0.25, -0.2) is 4.79 Å². The third-order valence-electron chi connectivity index (χ3n) is 2.35. The van der Waals surface area contributed by atoms with E-state index in [4.69, 9.17) is 10.2 Å². The molecule has 0 aromatic heterocycles. The fraction of sp³-hybridized carbons (Fsp3) is 0.273. The molecular formula is C11H12O4. The van der Waals surface area contributed by atoms with Gasteiger partial charge < -0.3 is 10.2 Å². The predicted molar refractivity (Wildman–Crippen MR) is 54.4 cm³/mol. The molecule has 80 valence electrons. The van der Waals surface area contributed by atoms with Crippen molar-refractivity contribution in [1.82, 2.24) is 0 Å². The molecule has 0 saturated heterocycles. The lowest BCUT2D eigenvalue weighted by Crippen LogP contribution is -2.21. The van der Waals surface area contributed by atoms with Crippen molar-refractivity contribution in [3.8, 4) is 0 Å². The second kappa shape index (κ2) is 4.13. The Morgan fingerprint density at radius 1 is 1.40 bits per heavy atom. The Labute approximate surface area is 87.2 Å². The van der Waals surface area contributed by atoms with Gasteiger partial charge in [-0.05, 0) is 25.0 Å². The number of hydrogen-bond donors (Lipinski definition) is 2. The molecule has 0 radical (unpaired) electrons. The van der Waals surface area contributed by atoms with E-state index in [1.54, 1.807) is 13.8 Å². The maximum atomic E-state index is 11.0. The molecule has 0 fully saturated rings. The standard InChI is InChI=1S/C11H12O4/c1-3-7-8(10(12)13)5-4-6(2)9(7)11(14)15/h3-5,8H,1-2H3,(H,12,13)(H,14,15). The number of carboxylic acids is 2. The molecule has 0 bridgehead atoms. The summed E-state index contributed by atoms with van der Waals surface area (Å²) in [5.41, 5.74) is 1.01. The molecular weight excluding hydrogens is 196 g/mol. The van der Waals surface area contributed by atoms with E-state index in [0.29, 0.717) is 11.1 Å². The van der Waals surface area contributed by atoms with Gasteiger partial charge in [0.15, 0.2) is 0 Å². The molecule has 1 aliphatic carbocycles. The molecule has 1 rings (SSSR count). The minimum atomic E-state index is -1.09. The summed E-state index contributed by atoms with van der Waals surface area (Å²) in [5, 5.41) is 17.9. The Morgan fingerprint density at radius 2 is 2.00 bits per heavy atom. The average molecular weight is 208 g/mol. The van der Waals surface area contributed by atoms with E-state index in [1.807, 2.05) is 0 Å². The summed E-state index contributed by atoms with van der Waals surface area (Å²) in [5.74, 6) is -2.98. The molecule has 0 saturated carbocycles. The Balaban J connectivity index is 3.28. The fourth-order valence-corrected chi connectivity index (χ4v) is 1.64. The normalized spacial score (nSPS) is 23.3. The Morgan fingerprint density at radius 3 is 2.40 bits per heavy atom. The molecule has 0 spiro atoms. The minimum absolute atomic E-state index is 0.0902. The molecule has 1 unspecified atom stereocenters. The lowest BCUT2D eigenvalue weighted by atomic mass is 9.84. The van der Waals surface area contributed by atoms with Crippen molar-refractivity contribution in [2.75, 3.05) is 0 Å². The lowest BCUT2D eigenvalue weighted by molar-refractivity contribution is -0.138. The van der Waals surface area contributed by atoms with Gasteiger partial charge in [0, 0.05) is 0 Å². The molecule has 1 atom stereocenters. The number of carboxylic acid groups (broad SMARTS) is 2. The second-order valence-electron chi connectivity index (χ2n) is 3.28. The summed E-state index contributed by atoms with van der Waals surface area (Å²) in [6.45, 7) is 3.29. The van der Waals surface area contributed by atoms with Crippen LogP contribution in [0.25, 0.3) is 0 Å². The van der Waals surface area contributed by atoms with Crippen LogP contribution in [0.3, 0.4) is 0 Å². The molecule has 1 aliphatic rings. The van der Waals surface area contributed by atoms with Gasteiger partial charge in [-0.2, -0.15) is 0 Å². The van der Waals surface area contributed by atoms with Crippen LogP contribution in [0.4, 0.5) is 0 Å². The van der Waals surface area contributed by atoms with E-state index in [2.05, 4.69) is 0 Å². The first-order chi connectivity index (χ1) is 6.99. The predicted octanol–water partition coefficient (Wildman–Crippen LogP) is 1.60. The number of allylic oxidation sites excluding steroid dienone is 3. The maximum absolute atomic E-state index is 11.0. The third-order valence-corrected chi connectivity index (χ3v) is 2.35. The van der Waals surface area contributed by atoms with Gasteiger partial charge in [0.2, 0.25) is 0 Å². The summed E-state index contributed by atoms with van der Waals surface area (Å²) in [6, 6.07) is 0. The van der Waals surface area contributed by atoms with Gasteiger partial charge in [-0.15, -0.1) is 0 Å². The highest BCUT2D eigenvalue weighted by molar-refractivity contribution is 5.97. The van der Waals surface area contributed by atoms with E-state index in [0.717, 1.165) is 0 Å². The molecule has 15 heavy (non-hydrogen) atoms. The van der Waals surface area contributed by atoms with Crippen molar-refractivity contribution >= 4 is 11.9 Å². The van der Waals surface area contributed by atoms with Gasteiger partial charge >= 0.3 is 11.9 Å².